The van der Waals surface area contributed by atoms with Crippen LogP contribution in [0.2, 0.25) is 0 Å². The van der Waals surface area contributed by atoms with Crippen molar-refractivity contribution in [3.8, 4) is 17.5 Å². The molecule has 1 amide bonds. The van der Waals surface area contributed by atoms with Crippen LogP contribution in [-0.4, -0.2) is 25.9 Å². The van der Waals surface area contributed by atoms with Crippen LogP contribution in [0, 0.1) is 11.3 Å². The Labute approximate surface area is 165 Å². The van der Waals surface area contributed by atoms with E-state index in [-0.39, 0.29) is 5.91 Å². The first-order valence-corrected chi connectivity index (χ1v) is 9.94. The minimum atomic E-state index is -0.407. The predicted octanol–water partition coefficient (Wildman–Crippen LogP) is 4.18. The molecule has 27 heavy (non-hydrogen) atoms. The second-order valence-electron chi connectivity index (χ2n) is 5.60. The normalized spacial score (nSPS) is 11.6. The van der Waals surface area contributed by atoms with Gasteiger partial charge in [-0.3, -0.25) is 9.36 Å². The van der Waals surface area contributed by atoms with Crippen molar-refractivity contribution in [3.63, 3.8) is 0 Å². The summed E-state index contributed by atoms with van der Waals surface area (Å²) in [4.78, 5) is 12.5. The van der Waals surface area contributed by atoms with Gasteiger partial charge in [0.2, 0.25) is 5.91 Å². The number of carbonyl (C=O) groups excluding carboxylic acids is 1. The monoisotopic (exact) mass is 395 g/mol. The van der Waals surface area contributed by atoms with E-state index in [1.54, 1.807) is 24.4 Å². The van der Waals surface area contributed by atoms with Crippen LogP contribution in [0.15, 0.2) is 59.6 Å². The Bertz CT molecular complexity index is 987. The van der Waals surface area contributed by atoms with Gasteiger partial charge in [-0.15, -0.1) is 28.1 Å². The van der Waals surface area contributed by atoms with Crippen LogP contribution in [0.1, 0.15) is 12.5 Å². The maximum atomic E-state index is 12.5. The van der Waals surface area contributed by atoms with Gasteiger partial charge >= 0.3 is 0 Å². The summed E-state index contributed by atoms with van der Waals surface area (Å²) in [7, 11) is 0. The lowest BCUT2D eigenvalue weighted by molar-refractivity contribution is -0.115. The number of allylic oxidation sites excluding steroid dienone is 1. The Morgan fingerprint density at radius 3 is 2.89 bits per heavy atom. The molecule has 0 unspecified atom stereocenters. The predicted molar refractivity (Wildman–Crippen MR) is 109 cm³/mol. The molecule has 2 aromatic heterocycles. The van der Waals surface area contributed by atoms with Gasteiger partial charge in [0, 0.05) is 12.1 Å². The molecule has 0 saturated heterocycles. The largest absolute Gasteiger partial charge is 0.316 e. The van der Waals surface area contributed by atoms with Gasteiger partial charge in [-0.25, -0.2) is 0 Å². The molecule has 6 nitrogen and oxygen atoms in total. The average Bonchev–Trinajstić information content (AvgIpc) is 3.29. The fourth-order valence-corrected chi connectivity index (χ4v) is 3.99. The van der Waals surface area contributed by atoms with Gasteiger partial charge in [-0.2, -0.15) is 5.26 Å². The van der Waals surface area contributed by atoms with Crippen LogP contribution in [0.5, 0.6) is 0 Å². The summed E-state index contributed by atoms with van der Waals surface area (Å²) in [5.41, 5.74) is 1.42. The van der Waals surface area contributed by atoms with E-state index in [4.69, 9.17) is 5.26 Å². The maximum Gasteiger partial charge on any atom is 0.238 e. The number of anilines is 1. The van der Waals surface area contributed by atoms with Gasteiger partial charge in [-0.1, -0.05) is 48.2 Å². The number of rotatable bonds is 7. The molecule has 0 fully saturated rings. The van der Waals surface area contributed by atoms with E-state index < -0.39 is 5.25 Å². The highest BCUT2D eigenvalue weighted by Gasteiger charge is 2.21. The van der Waals surface area contributed by atoms with Crippen LogP contribution in [0.3, 0.4) is 0 Å². The minimum absolute atomic E-state index is 0.187. The topological polar surface area (TPSA) is 83.6 Å². The SMILES string of the molecule is C=CCn1c(S[C@@H](C)C(=O)Nc2sccc2C#N)nnc1-c1ccccc1. The summed E-state index contributed by atoms with van der Waals surface area (Å²) in [5.74, 6) is 0.545. The molecule has 3 rings (SSSR count). The zero-order valence-corrected chi connectivity index (χ0v) is 16.3. The van der Waals surface area contributed by atoms with Crippen molar-refractivity contribution in [1.82, 2.24) is 14.8 Å². The second-order valence-corrected chi connectivity index (χ2v) is 7.82. The molecule has 8 heteroatoms. The summed E-state index contributed by atoms with van der Waals surface area (Å²) in [6, 6.07) is 13.5. The zero-order chi connectivity index (χ0) is 19.2. The Balaban J connectivity index is 1.78. The number of carbonyl (C=O) groups is 1. The van der Waals surface area contributed by atoms with Gasteiger partial charge < -0.3 is 5.32 Å². The van der Waals surface area contributed by atoms with Crippen molar-refractivity contribution >= 4 is 34.0 Å². The first-order chi connectivity index (χ1) is 13.1. The van der Waals surface area contributed by atoms with E-state index in [1.165, 1.54) is 23.1 Å². The molecule has 0 saturated carbocycles. The highest BCUT2D eigenvalue weighted by Crippen LogP contribution is 2.28. The van der Waals surface area contributed by atoms with E-state index in [0.29, 0.717) is 22.3 Å². The first kappa shape index (κ1) is 18.9. The number of thioether (sulfide) groups is 1. The van der Waals surface area contributed by atoms with Crippen LogP contribution < -0.4 is 5.32 Å². The van der Waals surface area contributed by atoms with Crippen LogP contribution in [0.4, 0.5) is 5.00 Å². The highest BCUT2D eigenvalue weighted by molar-refractivity contribution is 8.00. The second kappa shape index (κ2) is 8.66. The number of nitrogens with zero attached hydrogens (tertiary/aromatic N) is 4. The molecule has 2 heterocycles. The molecular formula is C19H17N5OS2. The van der Waals surface area contributed by atoms with Crippen LogP contribution in [-0.2, 0) is 11.3 Å². The van der Waals surface area contributed by atoms with E-state index in [2.05, 4.69) is 28.2 Å². The number of thiophene rings is 1. The van der Waals surface area contributed by atoms with E-state index in [0.717, 1.165) is 11.4 Å². The molecule has 0 spiro atoms. The number of benzene rings is 1. The van der Waals surface area contributed by atoms with Crippen molar-refractivity contribution in [2.24, 2.45) is 0 Å². The third-order valence-electron chi connectivity index (χ3n) is 3.73. The number of amides is 1. The molecule has 1 N–H and O–H groups in total. The Hall–Kier alpha value is -2.89. The van der Waals surface area contributed by atoms with E-state index in [9.17, 15) is 4.79 Å². The number of aromatic nitrogens is 3. The fraction of sp³-hybridized carbons (Fsp3) is 0.158. The summed E-state index contributed by atoms with van der Waals surface area (Å²) in [6.07, 6.45) is 1.77. The van der Waals surface area contributed by atoms with Crippen LogP contribution >= 0.6 is 23.1 Å². The Morgan fingerprint density at radius 2 is 2.19 bits per heavy atom. The average molecular weight is 396 g/mol. The summed E-state index contributed by atoms with van der Waals surface area (Å²) >= 11 is 2.65. The molecule has 1 aromatic carbocycles. The molecule has 136 valence electrons. The van der Waals surface area contributed by atoms with Gasteiger partial charge in [0.25, 0.3) is 0 Å². The smallest absolute Gasteiger partial charge is 0.238 e. The number of nitriles is 1. The summed E-state index contributed by atoms with van der Waals surface area (Å²) in [5, 5.41) is 23.0. The molecule has 0 aliphatic heterocycles. The van der Waals surface area contributed by atoms with Gasteiger partial charge in [0.15, 0.2) is 11.0 Å². The lowest BCUT2D eigenvalue weighted by atomic mass is 10.2. The Morgan fingerprint density at radius 1 is 1.41 bits per heavy atom. The van der Waals surface area contributed by atoms with Gasteiger partial charge in [0.05, 0.1) is 10.8 Å². The van der Waals surface area contributed by atoms with Crippen molar-refractivity contribution in [2.75, 3.05) is 5.32 Å². The minimum Gasteiger partial charge on any atom is -0.316 e. The Kier molecular flexibility index (Phi) is 6.06. The van der Waals surface area contributed by atoms with Crippen molar-refractivity contribution in [3.05, 3.63) is 60.0 Å². The molecular weight excluding hydrogens is 378 g/mol. The van der Waals surface area contributed by atoms with Crippen molar-refractivity contribution in [2.45, 2.75) is 23.9 Å². The highest BCUT2D eigenvalue weighted by atomic mass is 32.2. The third kappa shape index (κ3) is 4.27. The lowest BCUT2D eigenvalue weighted by Crippen LogP contribution is -2.22. The standard InChI is InChI=1S/C19H17N5OS2/c1-3-10-24-16(14-7-5-4-6-8-14)22-23-19(24)27-13(2)17(25)21-18-15(12-20)9-11-26-18/h3-9,11,13H,1,10H2,2H3,(H,21,25)/t13-/m0/s1. The molecule has 0 bridgehead atoms. The number of hydrogen-bond donors (Lipinski definition) is 1. The van der Waals surface area contributed by atoms with E-state index >= 15 is 0 Å². The summed E-state index contributed by atoms with van der Waals surface area (Å²) in [6.45, 7) is 6.14. The van der Waals surface area contributed by atoms with Crippen molar-refractivity contribution < 1.29 is 4.79 Å². The van der Waals surface area contributed by atoms with Crippen molar-refractivity contribution in [1.29, 1.82) is 5.26 Å². The molecule has 0 aliphatic carbocycles. The van der Waals surface area contributed by atoms with E-state index in [1.807, 2.05) is 34.9 Å². The summed E-state index contributed by atoms with van der Waals surface area (Å²) < 4.78 is 1.93. The third-order valence-corrected chi connectivity index (χ3v) is 5.64. The number of nitrogens with one attached hydrogen (secondary N) is 1. The van der Waals surface area contributed by atoms with Gasteiger partial charge in [0.1, 0.15) is 11.1 Å². The molecule has 3 aromatic rings. The number of hydrogen-bond acceptors (Lipinski definition) is 6. The molecule has 0 radical (unpaired) electrons. The lowest BCUT2D eigenvalue weighted by Gasteiger charge is -2.12. The fourth-order valence-electron chi connectivity index (χ4n) is 2.39. The van der Waals surface area contributed by atoms with Gasteiger partial charge in [-0.05, 0) is 18.4 Å². The molecule has 1 atom stereocenters. The maximum absolute atomic E-state index is 12.5. The molecule has 0 aliphatic rings. The van der Waals surface area contributed by atoms with Crippen LogP contribution in [0.25, 0.3) is 11.4 Å². The quantitative estimate of drug-likeness (QED) is 0.479. The first-order valence-electron chi connectivity index (χ1n) is 8.18. The zero-order valence-electron chi connectivity index (χ0n) is 14.6.